The molecule has 2 aliphatic heterocycles. The van der Waals surface area contributed by atoms with E-state index in [-0.39, 0.29) is 30.0 Å². The molecule has 1 atom stereocenters. The van der Waals surface area contributed by atoms with E-state index < -0.39 is 9.84 Å². The second-order valence-corrected chi connectivity index (χ2v) is 11.7. The average molecular weight is 466 g/mol. The van der Waals surface area contributed by atoms with Crippen LogP contribution in [0.4, 0.5) is 5.82 Å². The standard InChI is InChI=1S/C20H27N5O4S2/c26-17(22-13-4-9-31(27,28)12-13)10-21-19-18-14-2-1-3-15(14)30-20(18)24-16(23-19)11-25-5-7-29-8-6-25/h13H,1-12H2,(H,22,26)(H,21,23,24). The van der Waals surface area contributed by atoms with Crippen molar-refractivity contribution in [2.75, 3.05) is 49.7 Å². The highest BCUT2D eigenvalue weighted by Crippen LogP contribution is 2.39. The third-order valence-electron chi connectivity index (χ3n) is 6.09. The predicted molar refractivity (Wildman–Crippen MR) is 119 cm³/mol. The largest absolute Gasteiger partial charge is 0.379 e. The van der Waals surface area contributed by atoms with Crippen molar-refractivity contribution in [3.8, 4) is 0 Å². The molecule has 1 unspecified atom stereocenters. The first-order chi connectivity index (χ1) is 15.0. The Morgan fingerprint density at radius 3 is 2.84 bits per heavy atom. The van der Waals surface area contributed by atoms with Crippen LogP contribution in [0.2, 0.25) is 0 Å². The molecule has 0 saturated carbocycles. The summed E-state index contributed by atoms with van der Waals surface area (Å²) < 4.78 is 28.7. The molecule has 11 heteroatoms. The van der Waals surface area contributed by atoms with Gasteiger partial charge in [-0.2, -0.15) is 0 Å². The Morgan fingerprint density at radius 1 is 1.23 bits per heavy atom. The molecule has 9 nitrogen and oxygen atoms in total. The Labute approximate surface area is 185 Å². The van der Waals surface area contributed by atoms with Crippen molar-refractivity contribution in [1.29, 1.82) is 0 Å². The summed E-state index contributed by atoms with van der Waals surface area (Å²) in [6.07, 6.45) is 3.71. The van der Waals surface area contributed by atoms with Gasteiger partial charge in [-0.15, -0.1) is 11.3 Å². The molecule has 0 radical (unpaired) electrons. The number of anilines is 1. The zero-order valence-electron chi connectivity index (χ0n) is 17.4. The van der Waals surface area contributed by atoms with Crippen molar-refractivity contribution >= 4 is 43.1 Å². The highest BCUT2D eigenvalue weighted by Gasteiger charge is 2.29. The lowest BCUT2D eigenvalue weighted by atomic mass is 10.2. The van der Waals surface area contributed by atoms with E-state index in [9.17, 15) is 13.2 Å². The number of aromatic nitrogens is 2. The van der Waals surface area contributed by atoms with Crippen LogP contribution in [0.1, 0.15) is 29.1 Å². The summed E-state index contributed by atoms with van der Waals surface area (Å²) in [5.74, 6) is 1.42. The second-order valence-electron chi connectivity index (χ2n) is 8.44. The van der Waals surface area contributed by atoms with Crippen molar-refractivity contribution in [3.63, 3.8) is 0 Å². The highest BCUT2D eigenvalue weighted by molar-refractivity contribution is 7.91. The topological polar surface area (TPSA) is 114 Å². The van der Waals surface area contributed by atoms with E-state index in [0.29, 0.717) is 18.8 Å². The highest BCUT2D eigenvalue weighted by atomic mass is 32.2. The maximum atomic E-state index is 12.5. The number of carbonyl (C=O) groups excluding carboxylic acids is 1. The summed E-state index contributed by atoms with van der Waals surface area (Å²) in [5, 5.41) is 7.10. The van der Waals surface area contributed by atoms with Crippen LogP contribution in [0, 0.1) is 0 Å². The van der Waals surface area contributed by atoms with Crippen molar-refractivity contribution in [2.24, 2.45) is 0 Å². The Balaban J connectivity index is 1.33. The molecule has 0 spiro atoms. The summed E-state index contributed by atoms with van der Waals surface area (Å²) in [4.78, 5) is 26.7. The maximum Gasteiger partial charge on any atom is 0.239 e. The molecule has 2 aromatic rings. The molecule has 2 aromatic heterocycles. The number of hydrogen-bond acceptors (Lipinski definition) is 9. The third-order valence-corrected chi connectivity index (χ3v) is 9.05. The molecule has 168 valence electrons. The van der Waals surface area contributed by atoms with Crippen LogP contribution in [-0.2, 0) is 38.8 Å². The summed E-state index contributed by atoms with van der Waals surface area (Å²) in [6.45, 7) is 3.87. The van der Waals surface area contributed by atoms with E-state index in [1.807, 2.05) is 0 Å². The third kappa shape index (κ3) is 4.69. The number of thiophene rings is 1. The van der Waals surface area contributed by atoms with E-state index in [4.69, 9.17) is 14.7 Å². The molecule has 0 bridgehead atoms. The fourth-order valence-corrected chi connectivity index (χ4v) is 7.50. The molecule has 4 heterocycles. The van der Waals surface area contributed by atoms with Crippen LogP contribution in [-0.4, -0.2) is 79.6 Å². The molecule has 1 aliphatic carbocycles. The normalized spacial score (nSPS) is 23.2. The smallest absolute Gasteiger partial charge is 0.239 e. The minimum Gasteiger partial charge on any atom is -0.379 e. The fraction of sp³-hybridized carbons (Fsp3) is 0.650. The SMILES string of the molecule is O=C(CNc1nc(CN2CCOCC2)nc2sc3c(c12)CCC3)NC1CCS(=O)(=O)C1. The number of morpholine rings is 1. The number of carbonyl (C=O) groups is 1. The van der Waals surface area contributed by atoms with E-state index in [0.717, 1.165) is 61.6 Å². The number of aryl methyl sites for hydroxylation is 2. The maximum absolute atomic E-state index is 12.5. The lowest BCUT2D eigenvalue weighted by Gasteiger charge is -2.25. The molecule has 0 aromatic carbocycles. The van der Waals surface area contributed by atoms with Crippen molar-refractivity contribution in [3.05, 3.63) is 16.3 Å². The summed E-state index contributed by atoms with van der Waals surface area (Å²) in [5.41, 5.74) is 1.31. The van der Waals surface area contributed by atoms with Gasteiger partial charge < -0.3 is 15.4 Å². The van der Waals surface area contributed by atoms with Gasteiger partial charge in [0.25, 0.3) is 0 Å². The average Bonchev–Trinajstić information content (AvgIpc) is 3.41. The number of rotatable bonds is 6. The first kappa shape index (κ1) is 21.0. The lowest BCUT2D eigenvalue weighted by Crippen LogP contribution is -2.39. The van der Waals surface area contributed by atoms with Crippen LogP contribution in [0.3, 0.4) is 0 Å². The van der Waals surface area contributed by atoms with Gasteiger partial charge in [0, 0.05) is 24.0 Å². The molecular weight excluding hydrogens is 438 g/mol. The van der Waals surface area contributed by atoms with Crippen molar-refractivity contribution in [1.82, 2.24) is 20.2 Å². The summed E-state index contributed by atoms with van der Waals surface area (Å²) >= 11 is 1.74. The predicted octanol–water partition coefficient (Wildman–Crippen LogP) is 0.727. The monoisotopic (exact) mass is 465 g/mol. The van der Waals surface area contributed by atoms with Crippen LogP contribution in [0.5, 0.6) is 0 Å². The molecule has 2 fully saturated rings. The van der Waals surface area contributed by atoms with Crippen LogP contribution < -0.4 is 10.6 Å². The Kier molecular flexibility index (Phi) is 5.84. The van der Waals surface area contributed by atoms with Crippen molar-refractivity contribution < 1.29 is 17.9 Å². The number of ether oxygens (including phenoxy) is 1. The van der Waals surface area contributed by atoms with Gasteiger partial charge in [-0.1, -0.05) is 0 Å². The quantitative estimate of drug-likeness (QED) is 0.642. The zero-order valence-corrected chi connectivity index (χ0v) is 19.0. The van der Waals surface area contributed by atoms with Gasteiger partial charge in [0.2, 0.25) is 5.91 Å². The van der Waals surface area contributed by atoms with Gasteiger partial charge in [0.1, 0.15) is 16.5 Å². The number of nitrogens with one attached hydrogen (secondary N) is 2. The zero-order chi connectivity index (χ0) is 21.4. The van der Waals surface area contributed by atoms with E-state index >= 15 is 0 Å². The molecule has 2 saturated heterocycles. The van der Waals surface area contributed by atoms with Crippen LogP contribution in [0.15, 0.2) is 0 Å². The van der Waals surface area contributed by atoms with Gasteiger partial charge in [-0.05, 0) is 31.2 Å². The molecular formula is C20H27N5O4S2. The Hall–Kier alpha value is -1.82. The molecule has 5 rings (SSSR count). The van der Waals surface area contributed by atoms with E-state index in [1.165, 1.54) is 10.4 Å². The van der Waals surface area contributed by atoms with Crippen LogP contribution >= 0.6 is 11.3 Å². The molecule has 2 N–H and O–H groups in total. The number of nitrogens with zero attached hydrogens (tertiary/aromatic N) is 3. The summed E-state index contributed by atoms with van der Waals surface area (Å²) in [6, 6.07) is -0.299. The van der Waals surface area contributed by atoms with Gasteiger partial charge in [-0.3, -0.25) is 9.69 Å². The number of fused-ring (bicyclic) bond motifs is 3. The summed E-state index contributed by atoms with van der Waals surface area (Å²) in [7, 11) is -3.02. The minimum absolute atomic E-state index is 0.0260. The van der Waals surface area contributed by atoms with E-state index in [2.05, 4.69) is 15.5 Å². The van der Waals surface area contributed by atoms with Gasteiger partial charge in [-0.25, -0.2) is 18.4 Å². The minimum atomic E-state index is -3.02. The lowest BCUT2D eigenvalue weighted by molar-refractivity contribution is -0.119. The first-order valence-electron chi connectivity index (χ1n) is 10.8. The number of sulfone groups is 1. The van der Waals surface area contributed by atoms with E-state index in [1.54, 1.807) is 11.3 Å². The Bertz CT molecular complexity index is 1090. The van der Waals surface area contributed by atoms with Crippen LogP contribution in [0.25, 0.3) is 10.2 Å². The molecule has 31 heavy (non-hydrogen) atoms. The van der Waals surface area contributed by atoms with Gasteiger partial charge >= 0.3 is 0 Å². The Morgan fingerprint density at radius 2 is 2.06 bits per heavy atom. The van der Waals surface area contributed by atoms with Gasteiger partial charge in [0.05, 0.1) is 43.2 Å². The first-order valence-corrected chi connectivity index (χ1v) is 13.5. The number of amides is 1. The fourth-order valence-electron chi connectivity index (χ4n) is 4.55. The van der Waals surface area contributed by atoms with Gasteiger partial charge in [0.15, 0.2) is 9.84 Å². The molecule has 1 amide bonds. The second kappa shape index (κ2) is 8.61. The number of hydrogen-bond donors (Lipinski definition) is 2. The molecule has 3 aliphatic rings. The van der Waals surface area contributed by atoms with Crippen molar-refractivity contribution in [2.45, 2.75) is 38.3 Å².